The third kappa shape index (κ3) is 2.76. The molecule has 0 radical (unpaired) electrons. The van der Waals surface area contributed by atoms with Crippen molar-refractivity contribution in [2.24, 2.45) is 17.3 Å². The van der Waals surface area contributed by atoms with Gasteiger partial charge in [-0.05, 0) is 37.0 Å². The molecule has 2 saturated carbocycles. The van der Waals surface area contributed by atoms with Gasteiger partial charge in [0.2, 0.25) is 0 Å². The summed E-state index contributed by atoms with van der Waals surface area (Å²) in [6.45, 7) is 3.69. The van der Waals surface area contributed by atoms with Crippen LogP contribution in [0.2, 0.25) is 0 Å². The zero-order chi connectivity index (χ0) is 13.2. The van der Waals surface area contributed by atoms with Crippen molar-refractivity contribution in [3.63, 3.8) is 0 Å². The largest absolute Gasteiger partial charge is 0.462 e. The van der Waals surface area contributed by atoms with Gasteiger partial charge in [-0.1, -0.05) is 19.8 Å². The first-order valence-electron chi connectivity index (χ1n) is 7.22. The predicted molar refractivity (Wildman–Crippen MR) is 69.0 cm³/mol. The zero-order valence-electron chi connectivity index (χ0n) is 11.5. The molecule has 0 spiro atoms. The molecule has 4 atom stereocenters. The monoisotopic (exact) mass is 252 g/mol. The lowest BCUT2D eigenvalue weighted by atomic mass is 9.76. The Morgan fingerprint density at radius 2 is 2.22 bits per heavy atom. The minimum Gasteiger partial charge on any atom is -0.462 e. The highest BCUT2D eigenvalue weighted by Crippen LogP contribution is 2.65. The van der Waals surface area contributed by atoms with Gasteiger partial charge >= 0.3 is 5.97 Å². The number of rotatable bonds is 6. The van der Waals surface area contributed by atoms with Crippen LogP contribution in [0.5, 0.6) is 0 Å². The van der Waals surface area contributed by atoms with Crippen LogP contribution in [0.1, 0.15) is 58.8 Å². The summed E-state index contributed by atoms with van der Waals surface area (Å²) in [5, 5.41) is 0. The molecule has 2 aliphatic carbocycles. The summed E-state index contributed by atoms with van der Waals surface area (Å²) in [5.41, 5.74) is 0.440. The summed E-state index contributed by atoms with van der Waals surface area (Å²) < 4.78 is 5.46. The van der Waals surface area contributed by atoms with E-state index >= 15 is 0 Å². The summed E-state index contributed by atoms with van der Waals surface area (Å²) in [4.78, 5) is 21.9. The highest BCUT2D eigenvalue weighted by atomic mass is 16.5. The van der Waals surface area contributed by atoms with E-state index in [1.165, 1.54) is 32.6 Å². The van der Waals surface area contributed by atoms with Gasteiger partial charge in [-0.25, -0.2) is 0 Å². The normalized spacial score (nSPS) is 37.8. The van der Waals surface area contributed by atoms with Gasteiger partial charge in [0.25, 0.3) is 0 Å². The number of esters is 1. The fourth-order valence-electron chi connectivity index (χ4n) is 3.76. The first-order valence-corrected chi connectivity index (χ1v) is 7.22. The Morgan fingerprint density at radius 1 is 1.44 bits per heavy atom. The van der Waals surface area contributed by atoms with Gasteiger partial charge in [-0.3, -0.25) is 4.79 Å². The maximum Gasteiger partial charge on any atom is 0.302 e. The molecule has 102 valence electrons. The fourth-order valence-corrected chi connectivity index (χ4v) is 3.76. The van der Waals surface area contributed by atoms with Gasteiger partial charge in [-0.15, -0.1) is 0 Å². The SMILES string of the molecule is CCCC[C@@]12C[C@@H]1C[C@@H](CC=O)[C@@H](OC(C)=O)C2. The second-order valence-corrected chi connectivity index (χ2v) is 6.12. The number of fused-ring (bicyclic) bond motifs is 1. The molecule has 0 amide bonds. The van der Waals surface area contributed by atoms with Gasteiger partial charge in [0.05, 0.1) is 0 Å². The lowest BCUT2D eigenvalue weighted by molar-refractivity contribution is -0.153. The molecule has 0 aromatic carbocycles. The molecule has 18 heavy (non-hydrogen) atoms. The quantitative estimate of drug-likeness (QED) is 0.539. The lowest BCUT2D eigenvalue weighted by Gasteiger charge is -2.34. The molecule has 0 aliphatic heterocycles. The number of carbonyl (C=O) groups is 2. The van der Waals surface area contributed by atoms with Crippen molar-refractivity contribution >= 4 is 12.3 Å². The van der Waals surface area contributed by atoms with E-state index < -0.39 is 0 Å². The van der Waals surface area contributed by atoms with E-state index in [0.717, 1.165) is 25.0 Å². The van der Waals surface area contributed by atoms with Crippen molar-refractivity contribution in [2.75, 3.05) is 0 Å². The molecular weight excluding hydrogens is 228 g/mol. The number of ether oxygens (including phenoxy) is 1. The first kappa shape index (κ1) is 13.6. The van der Waals surface area contributed by atoms with Crippen LogP contribution in [-0.2, 0) is 14.3 Å². The Labute approximate surface area is 109 Å². The molecule has 0 aromatic heterocycles. The van der Waals surface area contributed by atoms with Crippen LogP contribution in [0.4, 0.5) is 0 Å². The summed E-state index contributed by atoms with van der Waals surface area (Å²) in [7, 11) is 0. The molecule has 2 fully saturated rings. The Bertz CT molecular complexity index is 326. The van der Waals surface area contributed by atoms with E-state index in [-0.39, 0.29) is 18.0 Å². The molecule has 3 nitrogen and oxygen atoms in total. The third-order valence-electron chi connectivity index (χ3n) is 4.82. The van der Waals surface area contributed by atoms with E-state index in [0.29, 0.717) is 11.8 Å². The number of hydrogen-bond acceptors (Lipinski definition) is 3. The van der Waals surface area contributed by atoms with Crippen LogP contribution in [0.15, 0.2) is 0 Å². The average molecular weight is 252 g/mol. The van der Waals surface area contributed by atoms with Gasteiger partial charge < -0.3 is 9.53 Å². The van der Waals surface area contributed by atoms with Crippen LogP contribution in [0, 0.1) is 17.3 Å². The van der Waals surface area contributed by atoms with Crippen molar-refractivity contribution in [3.05, 3.63) is 0 Å². The molecule has 3 heteroatoms. The predicted octanol–water partition coefficient (Wildman–Crippen LogP) is 3.11. The van der Waals surface area contributed by atoms with Crippen molar-refractivity contribution in [3.8, 4) is 0 Å². The van der Waals surface area contributed by atoms with Crippen LogP contribution < -0.4 is 0 Å². The Balaban J connectivity index is 1.99. The summed E-state index contributed by atoms with van der Waals surface area (Å²) in [5.74, 6) is 0.829. The number of aldehydes is 1. The molecule has 2 aliphatic rings. The van der Waals surface area contributed by atoms with Crippen molar-refractivity contribution in [1.29, 1.82) is 0 Å². The van der Waals surface area contributed by atoms with Crippen LogP contribution in [0.25, 0.3) is 0 Å². The molecule has 2 rings (SSSR count). The molecule has 0 aromatic rings. The summed E-state index contributed by atoms with van der Waals surface area (Å²) in [6.07, 6.45) is 8.58. The zero-order valence-corrected chi connectivity index (χ0v) is 11.5. The highest BCUT2D eigenvalue weighted by Gasteiger charge is 2.59. The maximum absolute atomic E-state index is 11.2. The number of hydrogen-bond donors (Lipinski definition) is 0. The fraction of sp³-hybridized carbons (Fsp3) is 0.867. The standard InChI is InChI=1S/C15H24O3/c1-3-4-6-15-9-13(15)8-12(5-7-16)14(10-15)18-11(2)17/h7,12-14H,3-6,8-10H2,1-2H3/t12-,13+,14+,15+/m1/s1. The topological polar surface area (TPSA) is 43.4 Å². The van der Waals surface area contributed by atoms with Gasteiger partial charge in [0, 0.05) is 19.3 Å². The van der Waals surface area contributed by atoms with Crippen LogP contribution in [0.3, 0.4) is 0 Å². The summed E-state index contributed by atoms with van der Waals surface area (Å²) >= 11 is 0. The van der Waals surface area contributed by atoms with Crippen molar-refractivity contribution < 1.29 is 14.3 Å². The Kier molecular flexibility index (Phi) is 4.08. The van der Waals surface area contributed by atoms with E-state index in [1.807, 2.05) is 0 Å². The van der Waals surface area contributed by atoms with Crippen LogP contribution >= 0.6 is 0 Å². The molecular formula is C15H24O3. The van der Waals surface area contributed by atoms with Crippen LogP contribution in [-0.4, -0.2) is 18.4 Å². The number of unbranched alkanes of at least 4 members (excludes halogenated alkanes) is 1. The molecule has 0 bridgehead atoms. The molecule has 0 unspecified atom stereocenters. The minimum absolute atomic E-state index is 0.0247. The minimum atomic E-state index is -0.208. The Morgan fingerprint density at radius 3 is 2.83 bits per heavy atom. The van der Waals surface area contributed by atoms with E-state index in [9.17, 15) is 9.59 Å². The second kappa shape index (κ2) is 5.41. The first-order chi connectivity index (χ1) is 8.61. The summed E-state index contributed by atoms with van der Waals surface area (Å²) in [6, 6.07) is 0. The van der Waals surface area contributed by atoms with E-state index in [4.69, 9.17) is 4.74 Å². The third-order valence-corrected chi connectivity index (χ3v) is 4.82. The van der Waals surface area contributed by atoms with E-state index in [1.54, 1.807) is 0 Å². The van der Waals surface area contributed by atoms with Gasteiger partial charge in [-0.2, -0.15) is 0 Å². The molecule has 0 heterocycles. The molecule has 0 N–H and O–H groups in total. The smallest absolute Gasteiger partial charge is 0.302 e. The maximum atomic E-state index is 11.2. The van der Waals surface area contributed by atoms with Crippen molar-refractivity contribution in [2.45, 2.75) is 64.9 Å². The lowest BCUT2D eigenvalue weighted by Crippen LogP contribution is -2.34. The van der Waals surface area contributed by atoms with E-state index in [2.05, 4.69) is 6.92 Å². The second-order valence-electron chi connectivity index (χ2n) is 6.12. The Hall–Kier alpha value is -0.860. The van der Waals surface area contributed by atoms with Crippen molar-refractivity contribution in [1.82, 2.24) is 0 Å². The number of carbonyl (C=O) groups excluding carboxylic acids is 2. The molecule has 0 saturated heterocycles. The average Bonchev–Trinajstić information content (AvgIpc) is 3.00. The highest BCUT2D eigenvalue weighted by molar-refractivity contribution is 5.66. The van der Waals surface area contributed by atoms with Gasteiger partial charge in [0.1, 0.15) is 12.4 Å². The van der Waals surface area contributed by atoms with Gasteiger partial charge in [0.15, 0.2) is 0 Å².